The van der Waals surface area contributed by atoms with Gasteiger partial charge in [-0.3, -0.25) is 20.4 Å². The molecule has 3 aromatic heterocycles. The van der Waals surface area contributed by atoms with Crippen LogP contribution >= 0.6 is 11.3 Å². The predicted octanol–water partition coefficient (Wildman–Crippen LogP) is 2.11. The van der Waals surface area contributed by atoms with Gasteiger partial charge in [0.2, 0.25) is 0 Å². The molecule has 0 aromatic carbocycles. The highest BCUT2D eigenvalue weighted by atomic mass is 32.1. The number of nitrogens with zero attached hydrogens (tertiary/aromatic N) is 1. The van der Waals surface area contributed by atoms with Crippen molar-refractivity contribution in [3.8, 4) is 10.8 Å². The number of amides is 2. The summed E-state index contributed by atoms with van der Waals surface area (Å²) in [5.41, 5.74) is 5.27. The quantitative estimate of drug-likeness (QED) is 0.644. The van der Waals surface area contributed by atoms with Gasteiger partial charge in [0.25, 0.3) is 11.8 Å². The number of aromatic amines is 1. The molecule has 0 saturated carbocycles. The van der Waals surface area contributed by atoms with E-state index in [4.69, 9.17) is 4.42 Å². The Kier molecular flexibility index (Phi) is 3.75. The number of H-pyrrole nitrogens is 1. The topological polar surface area (TPSA) is 100 Å². The number of aromatic nitrogens is 2. The molecule has 0 aliphatic rings. The van der Waals surface area contributed by atoms with Crippen molar-refractivity contribution in [3.63, 3.8) is 0 Å². The number of carbonyl (C=O) groups excluding carboxylic acids is 2. The van der Waals surface area contributed by atoms with Crippen LogP contribution in [0.5, 0.6) is 0 Å². The van der Waals surface area contributed by atoms with Crippen LogP contribution in [0.1, 0.15) is 25.9 Å². The van der Waals surface area contributed by atoms with E-state index in [0.717, 1.165) is 4.88 Å². The second-order valence-corrected chi connectivity index (χ2v) is 5.60. The molecule has 0 spiro atoms. The normalized spacial score (nSPS) is 10.4. The molecular weight excluding hydrogens is 304 g/mol. The van der Waals surface area contributed by atoms with E-state index in [2.05, 4.69) is 20.8 Å². The first-order chi connectivity index (χ1) is 10.6. The largest absolute Gasteiger partial charge is 0.462 e. The van der Waals surface area contributed by atoms with Crippen LogP contribution < -0.4 is 10.9 Å². The molecule has 22 heavy (non-hydrogen) atoms. The van der Waals surface area contributed by atoms with Crippen molar-refractivity contribution >= 4 is 23.2 Å². The average Bonchev–Trinajstić information content (AvgIpc) is 3.23. The predicted molar refractivity (Wildman–Crippen MR) is 80.3 cm³/mol. The molecule has 0 aliphatic heterocycles. The Morgan fingerprint density at radius 3 is 2.73 bits per heavy atom. The molecule has 7 nitrogen and oxygen atoms in total. The Morgan fingerprint density at radius 1 is 1.23 bits per heavy atom. The third-order valence-electron chi connectivity index (χ3n) is 2.88. The minimum Gasteiger partial charge on any atom is -0.462 e. The van der Waals surface area contributed by atoms with Gasteiger partial charge in [0.05, 0.1) is 6.26 Å². The zero-order chi connectivity index (χ0) is 15.5. The van der Waals surface area contributed by atoms with Gasteiger partial charge < -0.3 is 9.40 Å². The molecule has 0 radical (unpaired) electrons. The summed E-state index contributed by atoms with van der Waals surface area (Å²) in [7, 11) is 0. The Hall–Kier alpha value is -2.87. The van der Waals surface area contributed by atoms with Crippen molar-refractivity contribution in [2.24, 2.45) is 0 Å². The van der Waals surface area contributed by atoms with Crippen LogP contribution in [0.15, 0.2) is 41.1 Å². The maximum atomic E-state index is 12.1. The smallest absolute Gasteiger partial charge is 0.289 e. The van der Waals surface area contributed by atoms with Gasteiger partial charge >= 0.3 is 0 Å². The number of carbonyl (C=O) groups is 2. The average molecular weight is 316 g/mol. The van der Waals surface area contributed by atoms with Gasteiger partial charge in [0.15, 0.2) is 10.8 Å². The van der Waals surface area contributed by atoms with E-state index in [1.807, 2.05) is 0 Å². The van der Waals surface area contributed by atoms with Crippen molar-refractivity contribution in [2.75, 3.05) is 0 Å². The maximum Gasteiger partial charge on any atom is 0.289 e. The molecule has 0 bridgehead atoms. The van der Waals surface area contributed by atoms with Crippen LogP contribution in [0.4, 0.5) is 0 Å². The molecule has 3 heterocycles. The van der Waals surface area contributed by atoms with Gasteiger partial charge in [0.1, 0.15) is 11.4 Å². The first-order valence-electron chi connectivity index (χ1n) is 6.40. The summed E-state index contributed by atoms with van der Waals surface area (Å²) >= 11 is 1.35. The highest BCUT2D eigenvalue weighted by Gasteiger charge is 2.18. The maximum absolute atomic E-state index is 12.1. The Bertz CT molecular complexity index is 790. The Balaban J connectivity index is 1.69. The number of furan rings is 1. The summed E-state index contributed by atoms with van der Waals surface area (Å²) in [6.07, 6.45) is 3.17. The minimum absolute atomic E-state index is 0.253. The standard InChI is InChI=1S/C14H12N4O3S/c1-8-11(16-14(22-8)10-5-3-7-21-10)13(20)18-17-12(19)9-4-2-6-15-9/h2-7,15H,1H3,(H,17,19)(H,18,20). The van der Waals surface area contributed by atoms with Crippen molar-refractivity contribution in [2.45, 2.75) is 6.92 Å². The van der Waals surface area contributed by atoms with Gasteiger partial charge in [-0.05, 0) is 31.2 Å². The lowest BCUT2D eigenvalue weighted by atomic mass is 10.3. The number of hydrogen-bond donors (Lipinski definition) is 3. The van der Waals surface area contributed by atoms with Crippen LogP contribution in [0.25, 0.3) is 10.8 Å². The highest BCUT2D eigenvalue weighted by molar-refractivity contribution is 7.15. The molecule has 0 fully saturated rings. The number of hydrogen-bond acceptors (Lipinski definition) is 5. The van der Waals surface area contributed by atoms with Crippen LogP contribution in [-0.2, 0) is 0 Å². The molecule has 3 aromatic rings. The van der Waals surface area contributed by atoms with Gasteiger partial charge in [-0.15, -0.1) is 11.3 Å². The number of nitrogens with one attached hydrogen (secondary N) is 3. The van der Waals surface area contributed by atoms with Crippen LogP contribution in [0, 0.1) is 6.92 Å². The fourth-order valence-corrected chi connectivity index (χ4v) is 2.70. The van der Waals surface area contributed by atoms with Crippen molar-refractivity contribution in [1.29, 1.82) is 0 Å². The molecular formula is C14H12N4O3S. The summed E-state index contributed by atoms with van der Waals surface area (Å²) in [6.45, 7) is 1.78. The zero-order valence-electron chi connectivity index (χ0n) is 11.5. The number of aryl methyl sites for hydroxylation is 1. The molecule has 0 saturated heterocycles. The molecule has 3 rings (SSSR count). The third-order valence-corrected chi connectivity index (χ3v) is 3.86. The highest BCUT2D eigenvalue weighted by Crippen LogP contribution is 2.27. The molecule has 0 atom stereocenters. The zero-order valence-corrected chi connectivity index (χ0v) is 12.4. The Labute approximate surface area is 129 Å². The van der Waals surface area contributed by atoms with E-state index in [1.165, 1.54) is 11.3 Å². The van der Waals surface area contributed by atoms with E-state index in [-0.39, 0.29) is 5.69 Å². The first-order valence-corrected chi connectivity index (χ1v) is 7.22. The van der Waals surface area contributed by atoms with Gasteiger partial charge in [0, 0.05) is 11.1 Å². The monoisotopic (exact) mass is 316 g/mol. The van der Waals surface area contributed by atoms with Gasteiger partial charge in [-0.2, -0.15) is 0 Å². The van der Waals surface area contributed by atoms with Gasteiger partial charge in [-0.1, -0.05) is 0 Å². The number of hydrazine groups is 1. The second kappa shape index (κ2) is 5.86. The van der Waals surface area contributed by atoms with E-state index in [9.17, 15) is 9.59 Å². The lowest BCUT2D eigenvalue weighted by Gasteiger charge is -2.05. The van der Waals surface area contributed by atoms with Crippen molar-refractivity contribution in [1.82, 2.24) is 20.8 Å². The van der Waals surface area contributed by atoms with Crippen LogP contribution in [0.3, 0.4) is 0 Å². The molecule has 112 valence electrons. The van der Waals surface area contributed by atoms with Crippen molar-refractivity contribution < 1.29 is 14.0 Å². The van der Waals surface area contributed by atoms with E-state index < -0.39 is 11.8 Å². The summed E-state index contributed by atoms with van der Waals surface area (Å²) in [4.78, 5) is 31.6. The fourth-order valence-electron chi connectivity index (χ4n) is 1.82. The van der Waals surface area contributed by atoms with Gasteiger partial charge in [-0.25, -0.2) is 4.98 Å². The van der Waals surface area contributed by atoms with E-state index >= 15 is 0 Å². The van der Waals surface area contributed by atoms with E-state index in [0.29, 0.717) is 16.5 Å². The lowest BCUT2D eigenvalue weighted by Crippen LogP contribution is -2.42. The van der Waals surface area contributed by atoms with E-state index in [1.54, 1.807) is 43.6 Å². The minimum atomic E-state index is -0.480. The molecule has 0 unspecified atom stereocenters. The summed E-state index contributed by atoms with van der Waals surface area (Å²) in [5, 5.41) is 0.614. The molecule has 3 N–H and O–H groups in total. The third kappa shape index (κ3) is 2.77. The SMILES string of the molecule is Cc1sc(-c2ccco2)nc1C(=O)NNC(=O)c1ccc[nH]1. The number of rotatable bonds is 3. The summed E-state index contributed by atoms with van der Waals surface area (Å²) in [6, 6.07) is 6.82. The summed E-state index contributed by atoms with van der Waals surface area (Å²) < 4.78 is 5.26. The number of thiazole rings is 1. The molecule has 8 heteroatoms. The Morgan fingerprint density at radius 2 is 2.05 bits per heavy atom. The molecule has 2 amide bonds. The van der Waals surface area contributed by atoms with Crippen LogP contribution in [-0.4, -0.2) is 21.8 Å². The fraction of sp³-hybridized carbons (Fsp3) is 0.0714. The first kappa shape index (κ1) is 14.1. The second-order valence-electron chi connectivity index (χ2n) is 4.39. The van der Waals surface area contributed by atoms with Crippen LogP contribution in [0.2, 0.25) is 0 Å². The van der Waals surface area contributed by atoms with Crippen molar-refractivity contribution in [3.05, 3.63) is 53.0 Å². The lowest BCUT2D eigenvalue weighted by molar-refractivity contribution is 0.0841. The summed E-state index contributed by atoms with van der Waals surface area (Å²) in [5.74, 6) is -0.313. The molecule has 0 aliphatic carbocycles.